The van der Waals surface area contributed by atoms with Gasteiger partial charge in [-0.15, -0.1) is 0 Å². The summed E-state index contributed by atoms with van der Waals surface area (Å²) in [7, 11) is 1.34. The molecule has 1 N–H and O–H groups in total. The van der Waals surface area contributed by atoms with Crippen molar-refractivity contribution in [3.63, 3.8) is 0 Å². The van der Waals surface area contributed by atoms with E-state index in [4.69, 9.17) is 9.47 Å². The van der Waals surface area contributed by atoms with Gasteiger partial charge in [0.25, 0.3) is 0 Å². The Morgan fingerprint density at radius 2 is 1.94 bits per heavy atom. The SMILES string of the molecule is C=C1C[C@H](NC(=O)OC(C)(C)C)[C@H](C(=O)OC)C1. The molecule has 1 rings (SSSR count). The molecule has 1 aliphatic carbocycles. The average molecular weight is 255 g/mol. The van der Waals surface area contributed by atoms with Gasteiger partial charge in [0.2, 0.25) is 0 Å². The lowest BCUT2D eigenvalue weighted by molar-refractivity contribution is -0.145. The highest BCUT2D eigenvalue weighted by Gasteiger charge is 2.37. The van der Waals surface area contributed by atoms with Gasteiger partial charge in [0.1, 0.15) is 5.60 Å². The molecule has 0 aromatic carbocycles. The van der Waals surface area contributed by atoms with E-state index in [2.05, 4.69) is 11.9 Å². The summed E-state index contributed by atoms with van der Waals surface area (Å²) in [5.41, 5.74) is 0.381. The zero-order valence-electron chi connectivity index (χ0n) is 11.4. The van der Waals surface area contributed by atoms with Gasteiger partial charge in [-0.05, 0) is 33.6 Å². The number of rotatable bonds is 2. The maximum Gasteiger partial charge on any atom is 0.407 e. The highest BCUT2D eigenvalue weighted by Crippen LogP contribution is 2.30. The molecule has 1 saturated carbocycles. The van der Waals surface area contributed by atoms with Crippen LogP contribution in [-0.2, 0) is 14.3 Å². The molecule has 102 valence electrons. The summed E-state index contributed by atoms with van der Waals surface area (Å²) < 4.78 is 9.89. The molecule has 0 unspecified atom stereocenters. The van der Waals surface area contributed by atoms with Gasteiger partial charge in [0.05, 0.1) is 13.0 Å². The van der Waals surface area contributed by atoms with Crippen LogP contribution in [-0.4, -0.2) is 30.8 Å². The second-order valence-electron chi connectivity index (χ2n) is 5.54. The Bertz CT molecular complexity index is 356. The highest BCUT2D eigenvalue weighted by molar-refractivity contribution is 5.76. The highest BCUT2D eigenvalue weighted by atomic mass is 16.6. The third-order valence-electron chi connectivity index (χ3n) is 2.71. The van der Waals surface area contributed by atoms with Crippen molar-refractivity contribution in [1.29, 1.82) is 0 Å². The number of carbonyl (C=O) groups excluding carboxylic acids is 2. The number of nitrogens with one attached hydrogen (secondary N) is 1. The van der Waals surface area contributed by atoms with Gasteiger partial charge in [0.15, 0.2) is 0 Å². The maximum absolute atomic E-state index is 11.7. The minimum Gasteiger partial charge on any atom is -0.469 e. The first-order valence-corrected chi connectivity index (χ1v) is 5.97. The fourth-order valence-corrected chi connectivity index (χ4v) is 2.00. The number of hydrogen-bond acceptors (Lipinski definition) is 4. The summed E-state index contributed by atoms with van der Waals surface area (Å²) in [6.07, 6.45) is 0.614. The number of esters is 1. The fraction of sp³-hybridized carbons (Fsp3) is 0.692. The molecule has 1 fully saturated rings. The molecule has 0 saturated heterocycles. The van der Waals surface area contributed by atoms with Crippen LogP contribution in [0.25, 0.3) is 0 Å². The Morgan fingerprint density at radius 3 is 2.44 bits per heavy atom. The van der Waals surface area contributed by atoms with E-state index in [1.54, 1.807) is 20.8 Å². The molecule has 1 aliphatic rings. The zero-order valence-corrected chi connectivity index (χ0v) is 11.4. The van der Waals surface area contributed by atoms with Crippen LogP contribution >= 0.6 is 0 Å². The van der Waals surface area contributed by atoms with Gasteiger partial charge in [-0.1, -0.05) is 12.2 Å². The first-order chi connectivity index (χ1) is 8.23. The number of alkyl carbamates (subject to hydrolysis) is 1. The third kappa shape index (κ3) is 4.05. The number of ether oxygens (including phenoxy) is 2. The van der Waals surface area contributed by atoms with Crippen LogP contribution in [0.15, 0.2) is 12.2 Å². The smallest absolute Gasteiger partial charge is 0.407 e. The van der Waals surface area contributed by atoms with Crippen LogP contribution in [0.4, 0.5) is 4.79 Å². The van der Waals surface area contributed by atoms with Gasteiger partial charge >= 0.3 is 12.1 Å². The first-order valence-electron chi connectivity index (χ1n) is 5.97. The number of hydrogen-bond donors (Lipinski definition) is 1. The molecule has 0 radical (unpaired) electrons. The van der Waals surface area contributed by atoms with Crippen LogP contribution in [0.2, 0.25) is 0 Å². The molecular weight excluding hydrogens is 234 g/mol. The van der Waals surface area contributed by atoms with E-state index >= 15 is 0 Å². The Balaban J connectivity index is 2.62. The van der Waals surface area contributed by atoms with Crippen molar-refractivity contribution in [1.82, 2.24) is 5.32 Å². The summed E-state index contributed by atoms with van der Waals surface area (Å²) in [6.45, 7) is 9.22. The second-order valence-corrected chi connectivity index (χ2v) is 5.54. The molecule has 0 aromatic heterocycles. The van der Waals surface area contributed by atoms with Crippen molar-refractivity contribution in [2.24, 2.45) is 5.92 Å². The lowest BCUT2D eigenvalue weighted by Gasteiger charge is -2.23. The van der Waals surface area contributed by atoms with E-state index in [9.17, 15) is 9.59 Å². The largest absolute Gasteiger partial charge is 0.469 e. The van der Waals surface area contributed by atoms with Gasteiger partial charge < -0.3 is 14.8 Å². The molecule has 0 heterocycles. The molecule has 0 aliphatic heterocycles. The topological polar surface area (TPSA) is 64.6 Å². The van der Waals surface area contributed by atoms with E-state index in [0.717, 1.165) is 5.57 Å². The first kappa shape index (κ1) is 14.5. The minimum atomic E-state index is -0.555. The number of carbonyl (C=O) groups is 2. The Labute approximate surface area is 108 Å². The van der Waals surface area contributed by atoms with Crippen molar-refractivity contribution in [3.8, 4) is 0 Å². The van der Waals surface area contributed by atoms with E-state index in [0.29, 0.717) is 12.8 Å². The van der Waals surface area contributed by atoms with Crippen LogP contribution < -0.4 is 5.32 Å². The van der Waals surface area contributed by atoms with Gasteiger partial charge in [-0.25, -0.2) is 4.79 Å². The third-order valence-corrected chi connectivity index (χ3v) is 2.71. The quantitative estimate of drug-likeness (QED) is 0.605. The van der Waals surface area contributed by atoms with E-state index < -0.39 is 11.7 Å². The van der Waals surface area contributed by atoms with Gasteiger partial charge in [0, 0.05) is 6.04 Å². The lowest BCUT2D eigenvalue weighted by Crippen LogP contribution is -2.43. The van der Waals surface area contributed by atoms with E-state index in [-0.39, 0.29) is 17.9 Å². The Kier molecular flexibility index (Phi) is 4.38. The molecule has 0 aromatic rings. The lowest BCUT2D eigenvalue weighted by atomic mass is 10.0. The van der Waals surface area contributed by atoms with Crippen LogP contribution in [0.1, 0.15) is 33.6 Å². The Hall–Kier alpha value is -1.52. The Morgan fingerprint density at radius 1 is 1.33 bits per heavy atom. The van der Waals surface area contributed by atoms with Crippen molar-refractivity contribution >= 4 is 12.1 Å². The van der Waals surface area contributed by atoms with Gasteiger partial charge in [-0.2, -0.15) is 0 Å². The molecule has 5 nitrogen and oxygen atoms in total. The standard InChI is InChI=1S/C13H21NO4/c1-8-6-9(11(15)17-5)10(7-8)14-12(16)18-13(2,3)4/h9-10H,1,6-7H2,2-5H3,(H,14,16)/t9-,10+/m1/s1. The van der Waals surface area contributed by atoms with Crippen LogP contribution in [0.3, 0.4) is 0 Å². The summed E-state index contributed by atoms with van der Waals surface area (Å²) in [5, 5.41) is 2.71. The molecule has 1 amide bonds. The monoisotopic (exact) mass is 255 g/mol. The summed E-state index contributed by atoms with van der Waals surface area (Å²) in [4.78, 5) is 23.2. The van der Waals surface area contributed by atoms with Gasteiger partial charge in [-0.3, -0.25) is 4.79 Å². The van der Waals surface area contributed by atoms with Crippen molar-refractivity contribution in [3.05, 3.63) is 12.2 Å². The predicted molar refractivity (Wildman–Crippen MR) is 67.0 cm³/mol. The fourth-order valence-electron chi connectivity index (χ4n) is 2.00. The van der Waals surface area contributed by atoms with Crippen LogP contribution in [0, 0.1) is 5.92 Å². The predicted octanol–water partition coefficient (Wildman–Crippen LogP) is 2.02. The van der Waals surface area contributed by atoms with Crippen LogP contribution in [0.5, 0.6) is 0 Å². The van der Waals surface area contributed by atoms with Crippen molar-refractivity contribution < 1.29 is 19.1 Å². The molecule has 5 heteroatoms. The van der Waals surface area contributed by atoms with Crippen molar-refractivity contribution in [2.75, 3.05) is 7.11 Å². The molecule has 2 atom stereocenters. The maximum atomic E-state index is 11.7. The molecule has 0 bridgehead atoms. The average Bonchev–Trinajstić information content (AvgIpc) is 2.55. The molecular formula is C13H21NO4. The number of amides is 1. The zero-order chi connectivity index (χ0) is 13.9. The van der Waals surface area contributed by atoms with E-state index in [1.165, 1.54) is 7.11 Å². The number of methoxy groups -OCH3 is 1. The second kappa shape index (κ2) is 5.42. The summed E-state index contributed by atoms with van der Waals surface area (Å²) >= 11 is 0. The minimum absolute atomic E-state index is 0.292. The molecule has 18 heavy (non-hydrogen) atoms. The normalized spacial score (nSPS) is 23.7. The summed E-state index contributed by atoms with van der Waals surface area (Å²) in [5.74, 6) is -0.690. The molecule has 0 spiro atoms. The van der Waals surface area contributed by atoms with Crippen molar-refractivity contribution in [2.45, 2.75) is 45.3 Å². The van der Waals surface area contributed by atoms with E-state index in [1.807, 2.05) is 0 Å². The summed E-state index contributed by atoms with van der Waals surface area (Å²) in [6, 6.07) is -0.292.